The summed E-state index contributed by atoms with van der Waals surface area (Å²) in [6, 6.07) is 1.94. The van der Waals surface area contributed by atoms with Gasteiger partial charge >= 0.3 is 5.97 Å². The second-order valence-corrected chi connectivity index (χ2v) is 6.62. The Kier molecular flexibility index (Phi) is 3.80. The maximum absolute atomic E-state index is 11.8. The van der Waals surface area contributed by atoms with Crippen LogP contribution in [0.25, 0.3) is 10.2 Å². The molecule has 2 aromatic heterocycles. The zero-order valence-electron chi connectivity index (χ0n) is 12.0. The number of nitrogens with zero attached hydrogens (tertiary/aromatic N) is 2. The van der Waals surface area contributed by atoms with Gasteiger partial charge in [-0.3, -0.25) is 0 Å². The van der Waals surface area contributed by atoms with Crippen LogP contribution in [0.5, 0.6) is 0 Å². The number of hydrogen-bond donors (Lipinski definition) is 2. The first-order valence-corrected chi connectivity index (χ1v) is 8.22. The second-order valence-electron chi connectivity index (χ2n) is 5.73. The van der Waals surface area contributed by atoms with E-state index in [0.717, 1.165) is 29.5 Å². The van der Waals surface area contributed by atoms with E-state index < -0.39 is 11.5 Å². The smallest absolute Gasteiger partial charge is 0.329 e. The van der Waals surface area contributed by atoms with Crippen molar-refractivity contribution in [3.05, 3.63) is 17.8 Å². The molecule has 2 N–H and O–H groups in total. The number of anilines is 1. The number of nitrogens with one attached hydrogen (secondary N) is 1. The van der Waals surface area contributed by atoms with Gasteiger partial charge in [0, 0.05) is 0 Å². The highest BCUT2D eigenvalue weighted by atomic mass is 32.1. The number of thiophene rings is 1. The van der Waals surface area contributed by atoms with Gasteiger partial charge in [0.05, 0.1) is 5.39 Å². The molecule has 0 amide bonds. The molecule has 21 heavy (non-hydrogen) atoms. The molecule has 5 nitrogen and oxygen atoms in total. The summed E-state index contributed by atoms with van der Waals surface area (Å²) in [4.78, 5) is 21.2. The summed E-state index contributed by atoms with van der Waals surface area (Å²) in [5.41, 5.74) is -0.894. The van der Waals surface area contributed by atoms with E-state index in [9.17, 15) is 9.90 Å². The molecule has 112 valence electrons. The highest BCUT2D eigenvalue weighted by Gasteiger charge is 2.42. The Hall–Kier alpha value is -1.69. The van der Waals surface area contributed by atoms with E-state index in [1.54, 1.807) is 0 Å². The SMILES string of the molecule is CCC1CCC(Nc2ncnc3sccc23)(C(=O)O)CC1. The third kappa shape index (κ3) is 2.60. The first-order valence-electron chi connectivity index (χ1n) is 7.34. The molecule has 0 saturated heterocycles. The van der Waals surface area contributed by atoms with Crippen molar-refractivity contribution in [2.45, 2.75) is 44.6 Å². The lowest BCUT2D eigenvalue weighted by molar-refractivity contribution is -0.143. The number of hydrogen-bond acceptors (Lipinski definition) is 5. The Balaban J connectivity index is 1.89. The first-order chi connectivity index (χ1) is 10.1. The fourth-order valence-electron chi connectivity index (χ4n) is 3.09. The van der Waals surface area contributed by atoms with E-state index in [0.29, 0.717) is 24.6 Å². The molecular formula is C15H19N3O2S. The second kappa shape index (κ2) is 5.60. The molecule has 1 aliphatic rings. The molecule has 0 aromatic carbocycles. The van der Waals surface area contributed by atoms with Gasteiger partial charge in [0.1, 0.15) is 22.5 Å². The number of rotatable bonds is 4. The lowest BCUT2D eigenvalue weighted by Crippen LogP contribution is -2.49. The highest BCUT2D eigenvalue weighted by Crippen LogP contribution is 2.37. The van der Waals surface area contributed by atoms with Crippen molar-refractivity contribution in [2.75, 3.05) is 5.32 Å². The van der Waals surface area contributed by atoms with Gasteiger partial charge in [0.25, 0.3) is 0 Å². The maximum atomic E-state index is 11.8. The normalized spacial score (nSPS) is 25.9. The Morgan fingerprint density at radius 2 is 2.24 bits per heavy atom. The van der Waals surface area contributed by atoms with Gasteiger partial charge < -0.3 is 10.4 Å². The van der Waals surface area contributed by atoms with Crippen LogP contribution in [0.4, 0.5) is 5.82 Å². The van der Waals surface area contributed by atoms with Gasteiger partial charge in [0.2, 0.25) is 0 Å². The van der Waals surface area contributed by atoms with Crippen molar-refractivity contribution in [2.24, 2.45) is 5.92 Å². The van der Waals surface area contributed by atoms with E-state index in [1.165, 1.54) is 17.7 Å². The van der Waals surface area contributed by atoms with Gasteiger partial charge in [-0.15, -0.1) is 11.3 Å². The third-order valence-electron chi connectivity index (χ3n) is 4.56. The Labute approximate surface area is 127 Å². The average Bonchev–Trinajstić information content (AvgIpc) is 2.97. The fraction of sp³-hybridized carbons (Fsp3) is 0.533. The molecule has 0 atom stereocenters. The molecule has 0 aliphatic heterocycles. The van der Waals surface area contributed by atoms with Gasteiger partial charge in [-0.2, -0.15) is 0 Å². The number of carboxylic acids is 1. The van der Waals surface area contributed by atoms with Crippen LogP contribution in [-0.2, 0) is 4.79 Å². The zero-order valence-corrected chi connectivity index (χ0v) is 12.8. The molecule has 2 aromatic rings. The molecule has 1 fully saturated rings. The largest absolute Gasteiger partial charge is 0.480 e. The standard InChI is InChI=1S/C15H19N3O2S/c1-2-10-3-6-15(7-4-10,14(19)20)18-12-11-5-8-21-13(11)17-9-16-12/h5,8-10H,2-4,6-7H2,1H3,(H,19,20)(H,16,17,18). The Bertz CT molecular complexity index is 647. The molecule has 2 heterocycles. The van der Waals surface area contributed by atoms with Crippen LogP contribution in [0.15, 0.2) is 17.8 Å². The molecule has 3 rings (SSSR count). The third-order valence-corrected chi connectivity index (χ3v) is 5.39. The van der Waals surface area contributed by atoms with Crippen LogP contribution in [0, 0.1) is 5.92 Å². The molecule has 1 saturated carbocycles. The quantitative estimate of drug-likeness (QED) is 0.904. The number of carboxylic acid groups (broad SMARTS) is 1. The van der Waals surface area contributed by atoms with Gasteiger partial charge in [-0.05, 0) is 43.0 Å². The molecule has 0 radical (unpaired) electrons. The molecule has 6 heteroatoms. The summed E-state index contributed by atoms with van der Waals surface area (Å²) in [6.07, 6.45) is 5.82. The highest BCUT2D eigenvalue weighted by molar-refractivity contribution is 7.16. The summed E-state index contributed by atoms with van der Waals surface area (Å²) in [7, 11) is 0. The predicted molar refractivity (Wildman–Crippen MR) is 83.7 cm³/mol. The summed E-state index contributed by atoms with van der Waals surface area (Å²) in [6.45, 7) is 2.17. The molecule has 0 spiro atoms. The predicted octanol–water partition coefficient (Wildman–Crippen LogP) is 3.53. The van der Waals surface area contributed by atoms with Crippen molar-refractivity contribution in [1.29, 1.82) is 0 Å². The number of aliphatic carboxylic acids is 1. The summed E-state index contributed by atoms with van der Waals surface area (Å²) in [5.74, 6) is 0.503. The number of aromatic nitrogens is 2. The maximum Gasteiger partial charge on any atom is 0.329 e. The minimum atomic E-state index is -0.894. The molecular weight excluding hydrogens is 286 g/mol. The Morgan fingerprint density at radius 1 is 1.48 bits per heavy atom. The van der Waals surface area contributed by atoms with Gasteiger partial charge in [-0.25, -0.2) is 14.8 Å². The van der Waals surface area contributed by atoms with E-state index in [1.807, 2.05) is 11.4 Å². The summed E-state index contributed by atoms with van der Waals surface area (Å²) >= 11 is 1.54. The number of carbonyl (C=O) groups is 1. The van der Waals surface area contributed by atoms with E-state index >= 15 is 0 Å². The van der Waals surface area contributed by atoms with Crippen molar-refractivity contribution in [3.8, 4) is 0 Å². The van der Waals surface area contributed by atoms with Crippen molar-refractivity contribution >= 4 is 33.3 Å². The molecule has 1 aliphatic carbocycles. The first kappa shape index (κ1) is 14.3. The van der Waals surface area contributed by atoms with Crippen LogP contribution in [0.3, 0.4) is 0 Å². The molecule has 0 bridgehead atoms. The number of fused-ring (bicyclic) bond motifs is 1. The van der Waals surface area contributed by atoms with E-state index in [2.05, 4.69) is 22.2 Å². The Morgan fingerprint density at radius 3 is 2.90 bits per heavy atom. The van der Waals surface area contributed by atoms with Gasteiger partial charge in [0.15, 0.2) is 0 Å². The monoisotopic (exact) mass is 305 g/mol. The summed E-state index contributed by atoms with van der Waals surface area (Å²) in [5, 5.41) is 15.8. The average molecular weight is 305 g/mol. The van der Waals surface area contributed by atoms with Crippen molar-refractivity contribution in [3.63, 3.8) is 0 Å². The van der Waals surface area contributed by atoms with Crippen LogP contribution in [0.1, 0.15) is 39.0 Å². The van der Waals surface area contributed by atoms with Crippen LogP contribution in [-0.4, -0.2) is 26.6 Å². The van der Waals surface area contributed by atoms with E-state index in [4.69, 9.17) is 0 Å². The lowest BCUT2D eigenvalue weighted by Gasteiger charge is -2.37. The summed E-state index contributed by atoms with van der Waals surface area (Å²) < 4.78 is 0. The van der Waals surface area contributed by atoms with Gasteiger partial charge in [-0.1, -0.05) is 13.3 Å². The lowest BCUT2D eigenvalue weighted by atomic mass is 9.75. The van der Waals surface area contributed by atoms with Crippen LogP contribution >= 0.6 is 11.3 Å². The minimum absolute atomic E-state index is 0.638. The van der Waals surface area contributed by atoms with E-state index in [-0.39, 0.29) is 0 Å². The van der Waals surface area contributed by atoms with Crippen LogP contribution in [0.2, 0.25) is 0 Å². The topological polar surface area (TPSA) is 75.1 Å². The minimum Gasteiger partial charge on any atom is -0.480 e. The zero-order chi connectivity index (χ0) is 14.9. The molecule has 0 unspecified atom stereocenters. The van der Waals surface area contributed by atoms with Crippen molar-refractivity contribution in [1.82, 2.24) is 9.97 Å². The fourth-order valence-corrected chi connectivity index (χ4v) is 3.82. The van der Waals surface area contributed by atoms with Crippen LogP contribution < -0.4 is 5.32 Å². The van der Waals surface area contributed by atoms with Crippen molar-refractivity contribution < 1.29 is 9.90 Å².